The molecule has 2 saturated carbocycles. The van der Waals surface area contributed by atoms with E-state index in [0.717, 1.165) is 12.6 Å². The molecule has 2 nitrogen and oxygen atoms in total. The van der Waals surface area contributed by atoms with Crippen molar-refractivity contribution in [1.82, 2.24) is 4.90 Å². The molecule has 0 aromatic carbocycles. The fourth-order valence-electron chi connectivity index (χ4n) is 3.22. The van der Waals surface area contributed by atoms with Crippen LogP contribution in [0.1, 0.15) is 58.3 Å². The highest BCUT2D eigenvalue weighted by molar-refractivity contribution is 4.91. The smallest absolute Gasteiger partial charge is 0.0499 e. The topological polar surface area (TPSA) is 23.5 Å². The minimum atomic E-state index is 0.246. The van der Waals surface area contributed by atoms with E-state index in [1.807, 2.05) is 0 Å². The lowest BCUT2D eigenvalue weighted by molar-refractivity contribution is 0.0375. The van der Waals surface area contributed by atoms with E-state index >= 15 is 0 Å². The molecule has 94 valence electrons. The molecule has 1 N–H and O–H groups in total. The summed E-state index contributed by atoms with van der Waals surface area (Å²) in [5.74, 6) is 0. The first-order valence-electron chi connectivity index (χ1n) is 7.14. The Labute approximate surface area is 100 Å². The highest BCUT2D eigenvalue weighted by atomic mass is 16.3. The number of aliphatic hydroxyl groups excluding tert-OH is 1. The molecule has 0 atom stereocenters. The molecule has 2 aliphatic carbocycles. The third-order valence-corrected chi connectivity index (χ3v) is 4.36. The van der Waals surface area contributed by atoms with Gasteiger partial charge in [-0.25, -0.2) is 0 Å². The standard InChI is InChI=1S/C14H27NO/c1-2-10-15(13-6-7-13)11-14(12-16)8-4-3-5-9-14/h13,16H,2-12H2,1H3. The van der Waals surface area contributed by atoms with Crippen LogP contribution < -0.4 is 0 Å². The van der Waals surface area contributed by atoms with E-state index in [2.05, 4.69) is 11.8 Å². The summed E-state index contributed by atoms with van der Waals surface area (Å²) in [5, 5.41) is 9.73. The SMILES string of the molecule is CCCN(CC1(CO)CCCCC1)C1CC1. The van der Waals surface area contributed by atoms with Gasteiger partial charge in [0.1, 0.15) is 0 Å². The van der Waals surface area contributed by atoms with Crippen LogP contribution in [0.5, 0.6) is 0 Å². The highest BCUT2D eigenvalue weighted by Crippen LogP contribution is 2.39. The van der Waals surface area contributed by atoms with Crippen LogP contribution >= 0.6 is 0 Å². The summed E-state index contributed by atoms with van der Waals surface area (Å²) in [6, 6.07) is 0.852. The van der Waals surface area contributed by atoms with Crippen molar-refractivity contribution >= 4 is 0 Å². The van der Waals surface area contributed by atoms with Gasteiger partial charge in [-0.1, -0.05) is 26.2 Å². The van der Waals surface area contributed by atoms with Crippen LogP contribution in [0.15, 0.2) is 0 Å². The fraction of sp³-hybridized carbons (Fsp3) is 1.00. The molecule has 0 bridgehead atoms. The fourth-order valence-corrected chi connectivity index (χ4v) is 3.22. The molecule has 2 fully saturated rings. The molecule has 2 aliphatic rings. The largest absolute Gasteiger partial charge is 0.396 e. The van der Waals surface area contributed by atoms with Crippen LogP contribution in [0.2, 0.25) is 0 Å². The van der Waals surface area contributed by atoms with E-state index < -0.39 is 0 Å². The molecular formula is C14H27NO. The maximum absolute atomic E-state index is 9.73. The third kappa shape index (κ3) is 2.98. The van der Waals surface area contributed by atoms with Gasteiger partial charge in [-0.15, -0.1) is 0 Å². The van der Waals surface area contributed by atoms with Crippen molar-refractivity contribution in [3.05, 3.63) is 0 Å². The van der Waals surface area contributed by atoms with Crippen molar-refractivity contribution in [2.24, 2.45) is 5.41 Å². The van der Waals surface area contributed by atoms with Gasteiger partial charge in [0.25, 0.3) is 0 Å². The molecule has 0 spiro atoms. The van der Waals surface area contributed by atoms with Crippen LogP contribution in [0.4, 0.5) is 0 Å². The van der Waals surface area contributed by atoms with Gasteiger partial charge in [0.05, 0.1) is 0 Å². The molecule has 0 aliphatic heterocycles. The van der Waals surface area contributed by atoms with Gasteiger partial charge in [0, 0.05) is 24.6 Å². The molecule has 0 amide bonds. The van der Waals surface area contributed by atoms with Crippen LogP contribution in [0, 0.1) is 5.41 Å². The number of nitrogens with zero attached hydrogens (tertiary/aromatic N) is 1. The molecule has 2 heteroatoms. The number of aliphatic hydroxyl groups is 1. The maximum atomic E-state index is 9.73. The van der Waals surface area contributed by atoms with Crippen LogP contribution in [-0.4, -0.2) is 35.7 Å². The van der Waals surface area contributed by atoms with E-state index in [4.69, 9.17) is 0 Å². The maximum Gasteiger partial charge on any atom is 0.0499 e. The van der Waals surface area contributed by atoms with E-state index in [0.29, 0.717) is 6.61 Å². The first-order chi connectivity index (χ1) is 7.79. The van der Waals surface area contributed by atoms with E-state index in [-0.39, 0.29) is 5.41 Å². The summed E-state index contributed by atoms with van der Waals surface area (Å²) in [7, 11) is 0. The molecule has 0 heterocycles. The van der Waals surface area contributed by atoms with Gasteiger partial charge >= 0.3 is 0 Å². The monoisotopic (exact) mass is 225 g/mol. The second kappa shape index (κ2) is 5.50. The van der Waals surface area contributed by atoms with Crippen molar-refractivity contribution in [3.8, 4) is 0 Å². The molecule has 0 aromatic heterocycles. The van der Waals surface area contributed by atoms with Crippen LogP contribution in [-0.2, 0) is 0 Å². The van der Waals surface area contributed by atoms with Gasteiger partial charge in [-0.2, -0.15) is 0 Å². The Kier molecular flexibility index (Phi) is 4.26. The van der Waals surface area contributed by atoms with Gasteiger partial charge < -0.3 is 5.11 Å². The first-order valence-corrected chi connectivity index (χ1v) is 7.14. The van der Waals surface area contributed by atoms with Crippen molar-refractivity contribution in [2.75, 3.05) is 19.7 Å². The average Bonchev–Trinajstić information content (AvgIpc) is 3.14. The summed E-state index contributed by atoms with van der Waals surface area (Å²) in [6.45, 7) is 5.05. The normalized spacial score (nSPS) is 24.9. The second-order valence-electron chi connectivity index (χ2n) is 5.92. The summed E-state index contributed by atoms with van der Waals surface area (Å²) in [4.78, 5) is 2.65. The summed E-state index contributed by atoms with van der Waals surface area (Å²) in [5.41, 5.74) is 0.246. The Morgan fingerprint density at radius 2 is 1.88 bits per heavy atom. The van der Waals surface area contributed by atoms with Crippen molar-refractivity contribution in [1.29, 1.82) is 0 Å². The van der Waals surface area contributed by atoms with Crippen molar-refractivity contribution in [3.63, 3.8) is 0 Å². The van der Waals surface area contributed by atoms with Crippen molar-refractivity contribution < 1.29 is 5.11 Å². The Morgan fingerprint density at radius 1 is 1.19 bits per heavy atom. The Bertz CT molecular complexity index is 207. The first kappa shape index (κ1) is 12.4. The lowest BCUT2D eigenvalue weighted by Crippen LogP contribution is -2.43. The van der Waals surface area contributed by atoms with Crippen molar-refractivity contribution in [2.45, 2.75) is 64.3 Å². The van der Waals surface area contributed by atoms with Gasteiger partial charge in [-0.3, -0.25) is 4.90 Å². The van der Waals surface area contributed by atoms with Crippen LogP contribution in [0.25, 0.3) is 0 Å². The number of hydrogen-bond acceptors (Lipinski definition) is 2. The molecule has 0 saturated heterocycles. The second-order valence-corrected chi connectivity index (χ2v) is 5.92. The predicted octanol–water partition coefficient (Wildman–Crippen LogP) is 2.80. The summed E-state index contributed by atoms with van der Waals surface area (Å²) < 4.78 is 0. The zero-order chi connectivity index (χ0) is 11.4. The van der Waals surface area contributed by atoms with E-state index in [1.54, 1.807) is 0 Å². The molecule has 0 unspecified atom stereocenters. The minimum absolute atomic E-state index is 0.246. The highest BCUT2D eigenvalue weighted by Gasteiger charge is 2.37. The molecule has 16 heavy (non-hydrogen) atoms. The third-order valence-electron chi connectivity index (χ3n) is 4.36. The van der Waals surface area contributed by atoms with Crippen LogP contribution in [0.3, 0.4) is 0 Å². The van der Waals surface area contributed by atoms with E-state index in [9.17, 15) is 5.11 Å². The number of rotatable bonds is 6. The zero-order valence-corrected chi connectivity index (χ0v) is 10.7. The lowest BCUT2D eigenvalue weighted by atomic mass is 9.74. The lowest BCUT2D eigenvalue weighted by Gasteiger charge is -2.40. The molecular weight excluding hydrogens is 198 g/mol. The zero-order valence-electron chi connectivity index (χ0n) is 10.7. The molecule has 0 aromatic rings. The van der Waals surface area contributed by atoms with E-state index in [1.165, 1.54) is 57.9 Å². The summed E-state index contributed by atoms with van der Waals surface area (Å²) >= 11 is 0. The average molecular weight is 225 g/mol. The Hall–Kier alpha value is -0.0800. The Balaban J connectivity index is 1.91. The quantitative estimate of drug-likeness (QED) is 0.751. The molecule has 2 rings (SSSR count). The van der Waals surface area contributed by atoms with Gasteiger partial charge in [-0.05, 0) is 38.6 Å². The predicted molar refractivity (Wildman–Crippen MR) is 67.5 cm³/mol. The summed E-state index contributed by atoms with van der Waals surface area (Å²) in [6.07, 6.45) is 10.5. The minimum Gasteiger partial charge on any atom is -0.396 e. The Morgan fingerprint density at radius 3 is 2.38 bits per heavy atom. The number of hydrogen-bond donors (Lipinski definition) is 1. The molecule has 0 radical (unpaired) electrons. The van der Waals surface area contributed by atoms with Gasteiger partial charge in [0.15, 0.2) is 0 Å². The van der Waals surface area contributed by atoms with Gasteiger partial charge in [0.2, 0.25) is 0 Å².